The molecule has 2 atom stereocenters. The molecule has 1 heterocycles. The Morgan fingerprint density at radius 2 is 1.55 bits per heavy atom. The minimum Gasteiger partial charge on any atom is -0.497 e. The third-order valence-electron chi connectivity index (χ3n) is 5.51. The number of methoxy groups -OCH3 is 1. The molecule has 166 valence electrons. The molecule has 7 heteroatoms. The Labute approximate surface area is 182 Å². The summed E-state index contributed by atoms with van der Waals surface area (Å²) in [7, 11) is 3.30. The first kappa shape index (κ1) is 22.8. The summed E-state index contributed by atoms with van der Waals surface area (Å²) in [6.45, 7) is 3.74. The Kier molecular flexibility index (Phi) is 7.30. The molecular weight excluding hydrogens is 398 g/mol. The van der Waals surface area contributed by atoms with Crippen LogP contribution in [-0.4, -0.2) is 44.4 Å². The van der Waals surface area contributed by atoms with Crippen LogP contribution in [0.2, 0.25) is 0 Å². The number of hydrogen-bond donors (Lipinski definition) is 0. The number of nitrogens with zero attached hydrogens (tertiary/aromatic N) is 1. The van der Waals surface area contributed by atoms with E-state index in [1.54, 1.807) is 45.2 Å². The molecule has 0 unspecified atom stereocenters. The maximum atomic E-state index is 13.4. The molecule has 1 aliphatic heterocycles. The van der Waals surface area contributed by atoms with E-state index in [0.29, 0.717) is 5.75 Å². The lowest BCUT2D eigenvalue weighted by atomic mass is 9.70. The Balaban J connectivity index is 2.15. The third kappa shape index (κ3) is 4.43. The summed E-state index contributed by atoms with van der Waals surface area (Å²) in [6, 6.07) is 16.0. The Bertz CT molecular complexity index is 865. The lowest BCUT2D eigenvalue weighted by Crippen LogP contribution is -2.56. The van der Waals surface area contributed by atoms with Crippen molar-refractivity contribution in [3.05, 3.63) is 65.7 Å². The van der Waals surface area contributed by atoms with E-state index >= 15 is 0 Å². The quantitative estimate of drug-likeness (QED) is 0.491. The molecule has 7 nitrogen and oxygen atoms in total. The van der Waals surface area contributed by atoms with Crippen molar-refractivity contribution < 1.29 is 28.6 Å². The number of hydroxylamine groups is 2. The Morgan fingerprint density at radius 3 is 2.06 bits per heavy atom. The Morgan fingerprint density at radius 1 is 0.968 bits per heavy atom. The molecule has 0 bridgehead atoms. The van der Waals surface area contributed by atoms with Gasteiger partial charge in [0, 0.05) is 13.5 Å². The Hall–Kier alpha value is -2.90. The molecular formula is C24H29NO6. The van der Waals surface area contributed by atoms with Gasteiger partial charge in [0.25, 0.3) is 0 Å². The van der Waals surface area contributed by atoms with Gasteiger partial charge in [-0.05, 0) is 37.1 Å². The van der Waals surface area contributed by atoms with Crippen molar-refractivity contribution in [3.63, 3.8) is 0 Å². The molecule has 2 aromatic rings. The predicted molar refractivity (Wildman–Crippen MR) is 114 cm³/mol. The van der Waals surface area contributed by atoms with E-state index in [1.165, 1.54) is 0 Å². The first-order chi connectivity index (χ1) is 15.0. The summed E-state index contributed by atoms with van der Waals surface area (Å²) in [5.41, 5.74) is -0.0230. The first-order valence-electron chi connectivity index (χ1n) is 10.4. The topological polar surface area (TPSA) is 74.3 Å². The van der Waals surface area contributed by atoms with Gasteiger partial charge in [-0.2, -0.15) is 5.06 Å². The number of esters is 2. The lowest BCUT2D eigenvalue weighted by Gasteiger charge is -2.47. The van der Waals surface area contributed by atoms with Crippen molar-refractivity contribution in [3.8, 4) is 5.75 Å². The number of carbonyl (C=O) groups is 2. The molecule has 0 saturated carbocycles. The van der Waals surface area contributed by atoms with Gasteiger partial charge < -0.3 is 14.2 Å². The molecule has 0 aliphatic carbocycles. The number of hydrogen-bond acceptors (Lipinski definition) is 7. The van der Waals surface area contributed by atoms with Crippen molar-refractivity contribution in [2.45, 2.75) is 32.4 Å². The van der Waals surface area contributed by atoms with Crippen LogP contribution in [0.4, 0.5) is 0 Å². The number of carbonyl (C=O) groups excluding carboxylic acids is 2. The first-order valence-corrected chi connectivity index (χ1v) is 10.4. The fraction of sp³-hybridized carbons (Fsp3) is 0.417. The second-order valence-corrected chi connectivity index (χ2v) is 7.34. The van der Waals surface area contributed by atoms with E-state index in [4.69, 9.17) is 19.0 Å². The molecule has 0 amide bonds. The van der Waals surface area contributed by atoms with Crippen LogP contribution >= 0.6 is 0 Å². The average Bonchev–Trinajstić information content (AvgIpc) is 2.79. The standard InChI is InChI=1S/C24H29NO6/c1-5-29-22(26)24(23(27)30-6-2)16-20(17-10-8-7-9-11-17)31-25(3)21(24)18-12-14-19(28-4)15-13-18/h7-15,20-21H,5-6,16H2,1-4H3/t20-,21-/m1/s1. The largest absolute Gasteiger partial charge is 0.497 e. The lowest BCUT2D eigenvalue weighted by molar-refractivity contribution is -0.278. The molecule has 1 aliphatic rings. The SMILES string of the molecule is CCOC(=O)C1(C(=O)OCC)C[C@H](c2ccccc2)ON(C)[C@@H]1c1ccc(OC)cc1. The molecule has 1 saturated heterocycles. The zero-order valence-corrected chi connectivity index (χ0v) is 18.4. The highest BCUT2D eigenvalue weighted by Crippen LogP contribution is 2.52. The predicted octanol–water partition coefficient (Wildman–Crippen LogP) is 3.86. The van der Waals surface area contributed by atoms with E-state index in [0.717, 1.165) is 11.1 Å². The summed E-state index contributed by atoms with van der Waals surface area (Å²) >= 11 is 0. The average molecular weight is 427 g/mol. The summed E-state index contributed by atoms with van der Waals surface area (Å²) in [6.07, 6.45) is -0.426. The molecule has 0 radical (unpaired) electrons. The normalized spacial score (nSPS) is 20.6. The second-order valence-electron chi connectivity index (χ2n) is 7.34. The molecule has 1 fully saturated rings. The highest BCUT2D eigenvalue weighted by molar-refractivity contribution is 6.01. The van der Waals surface area contributed by atoms with Gasteiger partial charge in [0.15, 0.2) is 5.41 Å². The number of benzene rings is 2. The van der Waals surface area contributed by atoms with Crippen molar-refractivity contribution >= 4 is 11.9 Å². The van der Waals surface area contributed by atoms with E-state index in [2.05, 4.69) is 0 Å². The van der Waals surface area contributed by atoms with Crippen LogP contribution in [0.1, 0.15) is 43.5 Å². The minimum atomic E-state index is -1.60. The minimum absolute atomic E-state index is 0.0930. The number of rotatable bonds is 7. The van der Waals surface area contributed by atoms with E-state index in [1.807, 2.05) is 42.5 Å². The van der Waals surface area contributed by atoms with Gasteiger partial charge in [0.05, 0.1) is 26.4 Å². The molecule has 0 spiro atoms. The maximum Gasteiger partial charge on any atom is 0.325 e. The van der Waals surface area contributed by atoms with Gasteiger partial charge in [0.1, 0.15) is 11.9 Å². The van der Waals surface area contributed by atoms with Crippen LogP contribution in [0.15, 0.2) is 54.6 Å². The summed E-state index contributed by atoms with van der Waals surface area (Å²) in [5, 5.41) is 1.57. The van der Waals surface area contributed by atoms with E-state index < -0.39 is 29.5 Å². The fourth-order valence-electron chi connectivity index (χ4n) is 4.13. The number of ether oxygens (including phenoxy) is 3. The van der Waals surface area contributed by atoms with Crippen molar-refractivity contribution in [1.29, 1.82) is 0 Å². The van der Waals surface area contributed by atoms with Crippen LogP contribution in [0.25, 0.3) is 0 Å². The molecule has 2 aromatic carbocycles. The van der Waals surface area contributed by atoms with Crippen LogP contribution in [0, 0.1) is 5.41 Å². The summed E-state index contributed by atoms with van der Waals surface area (Å²) in [5.74, 6) is -0.570. The molecule has 0 N–H and O–H groups in total. The van der Waals surface area contributed by atoms with Crippen molar-refractivity contribution in [2.24, 2.45) is 5.41 Å². The van der Waals surface area contributed by atoms with Crippen LogP contribution < -0.4 is 4.74 Å². The fourth-order valence-corrected chi connectivity index (χ4v) is 4.13. The van der Waals surface area contributed by atoms with E-state index in [9.17, 15) is 9.59 Å². The van der Waals surface area contributed by atoms with Crippen molar-refractivity contribution in [1.82, 2.24) is 5.06 Å². The molecule has 3 rings (SSSR count). The van der Waals surface area contributed by atoms with Gasteiger partial charge in [-0.15, -0.1) is 0 Å². The summed E-state index contributed by atoms with van der Waals surface area (Å²) < 4.78 is 16.1. The monoisotopic (exact) mass is 427 g/mol. The molecule has 0 aromatic heterocycles. The smallest absolute Gasteiger partial charge is 0.325 e. The van der Waals surface area contributed by atoms with Gasteiger partial charge in [-0.3, -0.25) is 14.4 Å². The third-order valence-corrected chi connectivity index (χ3v) is 5.51. The zero-order valence-electron chi connectivity index (χ0n) is 18.4. The van der Waals surface area contributed by atoms with Gasteiger partial charge >= 0.3 is 11.9 Å². The van der Waals surface area contributed by atoms with Crippen LogP contribution in [0.3, 0.4) is 0 Å². The second kappa shape index (κ2) is 9.94. The highest BCUT2D eigenvalue weighted by atomic mass is 16.7. The zero-order chi connectivity index (χ0) is 22.4. The van der Waals surface area contributed by atoms with Crippen molar-refractivity contribution in [2.75, 3.05) is 27.4 Å². The van der Waals surface area contributed by atoms with Crippen LogP contribution in [-0.2, 0) is 23.9 Å². The summed E-state index contributed by atoms with van der Waals surface area (Å²) in [4.78, 5) is 33.1. The van der Waals surface area contributed by atoms with Gasteiger partial charge in [0.2, 0.25) is 0 Å². The van der Waals surface area contributed by atoms with Crippen LogP contribution in [0.5, 0.6) is 5.75 Å². The highest BCUT2D eigenvalue weighted by Gasteiger charge is 2.61. The van der Waals surface area contributed by atoms with Gasteiger partial charge in [-0.25, -0.2) is 0 Å². The van der Waals surface area contributed by atoms with Gasteiger partial charge in [-0.1, -0.05) is 42.5 Å². The maximum absolute atomic E-state index is 13.4. The molecule has 31 heavy (non-hydrogen) atoms. The van der Waals surface area contributed by atoms with E-state index in [-0.39, 0.29) is 19.6 Å².